The van der Waals surface area contributed by atoms with E-state index < -0.39 is 11.6 Å². The van der Waals surface area contributed by atoms with Crippen LogP contribution in [0.2, 0.25) is 0 Å². The van der Waals surface area contributed by atoms with Crippen molar-refractivity contribution in [3.05, 3.63) is 70.6 Å². The van der Waals surface area contributed by atoms with Gasteiger partial charge in [0.1, 0.15) is 16.4 Å². The molecule has 1 fully saturated rings. The fraction of sp³-hybridized carbons (Fsp3) is 0.217. The Balaban J connectivity index is 1.46. The normalized spacial score (nSPS) is 17.9. The molecule has 5 rings (SSSR count). The van der Waals surface area contributed by atoms with Gasteiger partial charge in [0.05, 0.1) is 12.5 Å². The minimum absolute atomic E-state index is 0.122. The fourth-order valence-electron chi connectivity index (χ4n) is 3.66. The van der Waals surface area contributed by atoms with Crippen LogP contribution in [0.1, 0.15) is 22.8 Å². The third-order valence-corrected chi connectivity index (χ3v) is 6.29. The van der Waals surface area contributed by atoms with Gasteiger partial charge in [0.25, 0.3) is 0 Å². The standard InChI is InChI=1S/C23H19F2N3OS/c1-12-9-17-22(26-20-11-16(20)14-5-8-18(24)19(25)10-14)27-21(28-23(17)30-12)13-3-6-15(29-2)7-4-13/h3-10,16,20H,11H2,1-2H3,(H,26,27,28)/t16-,20+/m0/s1. The predicted octanol–water partition coefficient (Wildman–Crippen LogP) is 5.92. The quantitative estimate of drug-likeness (QED) is 0.433. The van der Waals surface area contributed by atoms with Crippen LogP contribution in [-0.4, -0.2) is 23.1 Å². The highest BCUT2D eigenvalue weighted by atomic mass is 32.1. The van der Waals surface area contributed by atoms with E-state index in [0.29, 0.717) is 5.82 Å². The number of nitrogens with one attached hydrogen (secondary N) is 1. The maximum Gasteiger partial charge on any atom is 0.163 e. The van der Waals surface area contributed by atoms with Crippen LogP contribution >= 0.6 is 11.3 Å². The molecule has 2 aromatic heterocycles. The first kappa shape index (κ1) is 18.9. The summed E-state index contributed by atoms with van der Waals surface area (Å²) in [5, 5.41) is 4.48. The maximum absolute atomic E-state index is 13.6. The molecular weight excluding hydrogens is 404 g/mol. The lowest BCUT2D eigenvalue weighted by molar-refractivity contribution is 0.415. The zero-order chi connectivity index (χ0) is 20.8. The summed E-state index contributed by atoms with van der Waals surface area (Å²) in [5.74, 6) is 0.689. The van der Waals surface area contributed by atoms with Gasteiger partial charge in [-0.2, -0.15) is 0 Å². The molecule has 152 valence electrons. The van der Waals surface area contributed by atoms with Gasteiger partial charge in [-0.05, 0) is 61.4 Å². The lowest BCUT2D eigenvalue weighted by atomic mass is 10.1. The minimum Gasteiger partial charge on any atom is -0.497 e. The lowest BCUT2D eigenvalue weighted by Gasteiger charge is -2.10. The van der Waals surface area contributed by atoms with Crippen LogP contribution < -0.4 is 10.1 Å². The Morgan fingerprint density at radius 2 is 1.83 bits per heavy atom. The number of methoxy groups -OCH3 is 1. The number of nitrogens with zero attached hydrogens (tertiary/aromatic N) is 2. The van der Waals surface area contributed by atoms with Crippen molar-refractivity contribution in [1.82, 2.24) is 9.97 Å². The summed E-state index contributed by atoms with van der Waals surface area (Å²) in [6, 6.07) is 14.0. The fourth-order valence-corrected chi connectivity index (χ4v) is 4.54. The molecule has 2 aromatic carbocycles. The second kappa shape index (κ2) is 7.32. The molecule has 0 radical (unpaired) electrons. The van der Waals surface area contributed by atoms with Gasteiger partial charge in [-0.1, -0.05) is 6.07 Å². The highest BCUT2D eigenvalue weighted by Crippen LogP contribution is 2.44. The number of aromatic nitrogens is 2. The Morgan fingerprint density at radius 3 is 2.57 bits per heavy atom. The number of aryl methyl sites for hydroxylation is 1. The van der Waals surface area contributed by atoms with Crippen molar-refractivity contribution in [3.63, 3.8) is 0 Å². The Bertz CT molecular complexity index is 1240. The Labute approximate surface area is 176 Å². The van der Waals surface area contributed by atoms with E-state index in [9.17, 15) is 8.78 Å². The van der Waals surface area contributed by atoms with E-state index in [1.165, 1.54) is 12.1 Å². The zero-order valence-electron chi connectivity index (χ0n) is 16.4. The van der Waals surface area contributed by atoms with E-state index in [-0.39, 0.29) is 12.0 Å². The largest absolute Gasteiger partial charge is 0.497 e. The molecule has 0 bridgehead atoms. The molecule has 1 N–H and O–H groups in total. The summed E-state index contributed by atoms with van der Waals surface area (Å²) >= 11 is 1.62. The van der Waals surface area contributed by atoms with Crippen molar-refractivity contribution in [2.75, 3.05) is 12.4 Å². The van der Waals surface area contributed by atoms with Crippen molar-refractivity contribution in [3.8, 4) is 17.1 Å². The number of halogens is 2. The smallest absolute Gasteiger partial charge is 0.163 e. The van der Waals surface area contributed by atoms with Crippen LogP contribution in [0, 0.1) is 18.6 Å². The molecule has 30 heavy (non-hydrogen) atoms. The number of rotatable bonds is 5. The second-order valence-electron chi connectivity index (χ2n) is 7.47. The molecule has 0 unspecified atom stereocenters. The van der Waals surface area contributed by atoms with Crippen LogP contribution in [0.3, 0.4) is 0 Å². The topological polar surface area (TPSA) is 47.0 Å². The van der Waals surface area contributed by atoms with Gasteiger partial charge in [-0.15, -0.1) is 11.3 Å². The number of hydrogen-bond acceptors (Lipinski definition) is 5. The molecule has 2 atom stereocenters. The molecule has 0 aliphatic heterocycles. The number of fused-ring (bicyclic) bond motifs is 1. The van der Waals surface area contributed by atoms with Gasteiger partial charge in [-0.25, -0.2) is 18.7 Å². The number of hydrogen-bond donors (Lipinski definition) is 1. The minimum atomic E-state index is -0.820. The van der Waals surface area contributed by atoms with Crippen molar-refractivity contribution < 1.29 is 13.5 Å². The molecule has 4 nitrogen and oxygen atoms in total. The lowest BCUT2D eigenvalue weighted by Crippen LogP contribution is -2.07. The van der Waals surface area contributed by atoms with E-state index in [4.69, 9.17) is 14.7 Å². The first-order chi connectivity index (χ1) is 14.5. The molecule has 1 aliphatic carbocycles. The first-order valence-corrected chi connectivity index (χ1v) is 10.5. The second-order valence-corrected chi connectivity index (χ2v) is 8.70. The van der Waals surface area contributed by atoms with Crippen LogP contribution in [0.4, 0.5) is 14.6 Å². The third kappa shape index (κ3) is 3.50. The van der Waals surface area contributed by atoms with Gasteiger partial charge in [0, 0.05) is 22.4 Å². The highest BCUT2D eigenvalue weighted by Gasteiger charge is 2.39. The molecule has 4 aromatic rings. The SMILES string of the molecule is COc1ccc(-c2nc(N[C@@H]3C[C@H]3c3ccc(F)c(F)c3)c3cc(C)sc3n2)cc1. The van der Waals surface area contributed by atoms with Crippen molar-refractivity contribution in [1.29, 1.82) is 0 Å². The molecule has 1 aliphatic rings. The molecule has 1 saturated carbocycles. The summed E-state index contributed by atoms with van der Waals surface area (Å²) in [4.78, 5) is 11.6. The van der Waals surface area contributed by atoms with Gasteiger partial charge in [0.15, 0.2) is 17.5 Å². The Morgan fingerprint density at radius 1 is 1.03 bits per heavy atom. The monoisotopic (exact) mass is 423 g/mol. The van der Waals surface area contributed by atoms with Crippen LogP contribution in [0.5, 0.6) is 5.75 Å². The number of benzene rings is 2. The summed E-state index contributed by atoms with van der Waals surface area (Å²) in [6.45, 7) is 2.05. The molecular formula is C23H19F2N3OS. The number of thiophene rings is 1. The summed E-state index contributed by atoms with van der Waals surface area (Å²) < 4.78 is 32.1. The van der Waals surface area contributed by atoms with Gasteiger partial charge >= 0.3 is 0 Å². The third-order valence-electron chi connectivity index (χ3n) is 5.35. The van der Waals surface area contributed by atoms with Crippen molar-refractivity contribution in [2.45, 2.75) is 25.3 Å². The van der Waals surface area contributed by atoms with E-state index in [0.717, 1.165) is 44.2 Å². The van der Waals surface area contributed by atoms with E-state index >= 15 is 0 Å². The highest BCUT2D eigenvalue weighted by molar-refractivity contribution is 7.18. The molecule has 0 amide bonds. The summed E-state index contributed by atoms with van der Waals surface area (Å²) in [6.07, 6.45) is 0.845. The average Bonchev–Trinajstić information content (AvgIpc) is 3.40. The first-order valence-electron chi connectivity index (χ1n) is 9.66. The molecule has 0 saturated heterocycles. The number of anilines is 1. The van der Waals surface area contributed by atoms with Gasteiger partial charge in [0.2, 0.25) is 0 Å². The van der Waals surface area contributed by atoms with Crippen LogP contribution in [0.25, 0.3) is 21.6 Å². The number of ether oxygens (including phenoxy) is 1. The predicted molar refractivity (Wildman–Crippen MR) is 115 cm³/mol. The van der Waals surface area contributed by atoms with Crippen molar-refractivity contribution in [2.24, 2.45) is 0 Å². The average molecular weight is 423 g/mol. The molecule has 7 heteroatoms. The van der Waals surface area contributed by atoms with E-state index in [1.807, 2.05) is 31.2 Å². The van der Waals surface area contributed by atoms with Gasteiger partial charge in [-0.3, -0.25) is 0 Å². The van der Waals surface area contributed by atoms with E-state index in [1.54, 1.807) is 24.5 Å². The molecule has 2 heterocycles. The summed E-state index contributed by atoms with van der Waals surface area (Å²) in [5.41, 5.74) is 1.70. The van der Waals surface area contributed by atoms with Crippen molar-refractivity contribution >= 4 is 27.4 Å². The van der Waals surface area contributed by atoms with Crippen LogP contribution in [0.15, 0.2) is 48.5 Å². The Kier molecular flexibility index (Phi) is 4.62. The zero-order valence-corrected chi connectivity index (χ0v) is 17.3. The summed E-state index contributed by atoms with van der Waals surface area (Å²) in [7, 11) is 1.63. The van der Waals surface area contributed by atoms with E-state index in [2.05, 4.69) is 11.4 Å². The maximum atomic E-state index is 13.6. The molecule has 0 spiro atoms. The van der Waals surface area contributed by atoms with Gasteiger partial charge < -0.3 is 10.1 Å². The van der Waals surface area contributed by atoms with Crippen LogP contribution in [-0.2, 0) is 0 Å². The Hall–Kier alpha value is -3.06.